The summed E-state index contributed by atoms with van der Waals surface area (Å²) in [4.78, 5) is 11.2. The van der Waals surface area contributed by atoms with E-state index in [1.54, 1.807) is 17.2 Å². The van der Waals surface area contributed by atoms with Gasteiger partial charge in [0.25, 0.3) is 0 Å². The van der Waals surface area contributed by atoms with Gasteiger partial charge < -0.3 is 5.11 Å². The number of carboxylic acid groups (broad SMARTS) is 1. The first kappa shape index (κ1) is 12.2. The summed E-state index contributed by atoms with van der Waals surface area (Å²) >= 11 is 1.61. The van der Waals surface area contributed by atoms with Gasteiger partial charge >= 0.3 is 5.97 Å². The predicted molar refractivity (Wildman–Crippen MR) is 71.8 cm³/mol. The van der Waals surface area contributed by atoms with Crippen molar-refractivity contribution >= 4 is 23.3 Å². The number of benzene rings is 1. The predicted octanol–water partition coefficient (Wildman–Crippen LogP) is 3.95. The highest BCUT2D eigenvalue weighted by atomic mass is 32.2. The Hall–Kier alpha value is -1.22. The molecular weight excluding hydrogens is 232 g/mol. The lowest BCUT2D eigenvalue weighted by Gasteiger charge is -2.33. The van der Waals surface area contributed by atoms with Crippen LogP contribution in [0.3, 0.4) is 0 Å². The lowest BCUT2D eigenvalue weighted by Crippen LogP contribution is -2.19. The number of hydrogen-bond acceptors (Lipinski definition) is 2. The topological polar surface area (TPSA) is 37.3 Å². The molecule has 1 aromatic rings. The molecule has 0 amide bonds. The summed E-state index contributed by atoms with van der Waals surface area (Å²) in [6.07, 6.45) is 0. The van der Waals surface area contributed by atoms with Gasteiger partial charge in [-0.2, -0.15) is 0 Å². The van der Waals surface area contributed by atoms with Crippen molar-refractivity contribution in [3.63, 3.8) is 0 Å². The molecule has 1 atom stereocenters. The monoisotopic (exact) mass is 248 g/mol. The zero-order valence-corrected chi connectivity index (χ0v) is 11.0. The largest absolute Gasteiger partial charge is 0.478 e. The first-order chi connectivity index (χ1) is 7.91. The average molecular weight is 248 g/mol. The summed E-state index contributed by atoms with van der Waals surface area (Å²) < 4.78 is 0. The molecule has 0 saturated heterocycles. The van der Waals surface area contributed by atoms with Crippen molar-refractivity contribution in [3.05, 3.63) is 40.8 Å². The third-order valence-corrected chi connectivity index (χ3v) is 4.48. The lowest BCUT2D eigenvalue weighted by atomic mass is 9.84. The molecular formula is C14H16O2S. The van der Waals surface area contributed by atoms with E-state index >= 15 is 0 Å². The van der Waals surface area contributed by atoms with Gasteiger partial charge in [-0.15, -0.1) is 11.8 Å². The maximum atomic E-state index is 11.2. The number of carboxylic acids is 1. The Bertz CT molecular complexity index is 483. The number of aliphatic carboxylic acids is 1. The highest BCUT2D eigenvalue weighted by Crippen LogP contribution is 2.50. The Morgan fingerprint density at radius 2 is 1.94 bits per heavy atom. The van der Waals surface area contributed by atoms with Crippen molar-refractivity contribution < 1.29 is 9.90 Å². The van der Waals surface area contributed by atoms with Gasteiger partial charge in [0.15, 0.2) is 0 Å². The minimum atomic E-state index is -0.850. The molecule has 0 aromatic heterocycles. The molecule has 17 heavy (non-hydrogen) atoms. The van der Waals surface area contributed by atoms with Gasteiger partial charge in [0.05, 0.1) is 5.57 Å². The SMILES string of the molecule is CC(C)(C)C1SC=C(C(=O)O)c2ccccc21. The maximum absolute atomic E-state index is 11.2. The Morgan fingerprint density at radius 3 is 2.53 bits per heavy atom. The molecule has 0 radical (unpaired) electrons. The number of fused-ring (bicyclic) bond motifs is 1. The summed E-state index contributed by atoms with van der Waals surface area (Å²) in [7, 11) is 0. The minimum absolute atomic E-state index is 0.112. The van der Waals surface area contributed by atoms with Gasteiger partial charge in [-0.1, -0.05) is 45.0 Å². The van der Waals surface area contributed by atoms with Crippen LogP contribution in [0.2, 0.25) is 0 Å². The normalized spacial score (nSPS) is 19.5. The second kappa shape index (κ2) is 4.22. The van der Waals surface area contributed by atoms with E-state index in [2.05, 4.69) is 20.8 Å². The smallest absolute Gasteiger partial charge is 0.336 e. The van der Waals surface area contributed by atoms with Crippen molar-refractivity contribution in [2.24, 2.45) is 5.41 Å². The van der Waals surface area contributed by atoms with Gasteiger partial charge in [0.1, 0.15) is 0 Å². The molecule has 0 bridgehead atoms. The molecule has 1 aromatic carbocycles. The van der Waals surface area contributed by atoms with E-state index in [0.717, 1.165) is 11.1 Å². The third kappa shape index (κ3) is 2.25. The summed E-state index contributed by atoms with van der Waals surface area (Å²) in [5.41, 5.74) is 2.51. The van der Waals surface area contributed by atoms with Crippen LogP contribution in [0.4, 0.5) is 0 Å². The summed E-state index contributed by atoms with van der Waals surface area (Å²) in [5.74, 6) is -0.850. The van der Waals surface area contributed by atoms with E-state index in [4.69, 9.17) is 0 Å². The molecule has 1 aliphatic rings. The molecule has 1 aliphatic heterocycles. The van der Waals surface area contributed by atoms with Crippen LogP contribution in [0.25, 0.3) is 5.57 Å². The highest BCUT2D eigenvalue weighted by molar-refractivity contribution is 8.02. The number of hydrogen-bond donors (Lipinski definition) is 1. The van der Waals surface area contributed by atoms with Gasteiger partial charge in [-0.3, -0.25) is 0 Å². The molecule has 1 unspecified atom stereocenters. The molecule has 0 saturated carbocycles. The Morgan fingerprint density at radius 1 is 1.29 bits per heavy atom. The van der Waals surface area contributed by atoms with Crippen LogP contribution in [0.15, 0.2) is 29.7 Å². The van der Waals surface area contributed by atoms with Gasteiger partial charge in [0, 0.05) is 5.25 Å². The Balaban J connectivity index is 2.55. The Labute approximate surface area is 106 Å². The molecule has 0 fully saturated rings. The third-order valence-electron chi connectivity index (χ3n) is 2.87. The van der Waals surface area contributed by atoms with Crippen molar-refractivity contribution in [1.29, 1.82) is 0 Å². The van der Waals surface area contributed by atoms with E-state index in [1.165, 1.54) is 0 Å². The van der Waals surface area contributed by atoms with Gasteiger partial charge in [-0.25, -0.2) is 4.79 Å². The van der Waals surface area contributed by atoms with E-state index in [-0.39, 0.29) is 5.41 Å². The quantitative estimate of drug-likeness (QED) is 0.817. The highest BCUT2D eigenvalue weighted by Gasteiger charge is 2.32. The van der Waals surface area contributed by atoms with Crippen molar-refractivity contribution in [2.75, 3.05) is 0 Å². The second-order valence-electron chi connectivity index (χ2n) is 5.31. The van der Waals surface area contributed by atoms with Crippen LogP contribution in [0.1, 0.15) is 37.1 Å². The molecule has 0 aliphatic carbocycles. The molecule has 1 N–H and O–H groups in total. The molecule has 1 heterocycles. The van der Waals surface area contributed by atoms with Crippen LogP contribution in [0.5, 0.6) is 0 Å². The standard InChI is InChI=1S/C14H16O2S/c1-14(2,3)12-10-7-5-4-6-9(10)11(8-17-12)13(15)16/h4-8,12H,1-3H3,(H,15,16). The summed E-state index contributed by atoms with van der Waals surface area (Å²) in [6.45, 7) is 6.54. The number of thioether (sulfide) groups is 1. The fourth-order valence-electron chi connectivity index (χ4n) is 2.08. The van der Waals surface area contributed by atoms with Crippen LogP contribution >= 0.6 is 11.8 Å². The van der Waals surface area contributed by atoms with Crippen LogP contribution < -0.4 is 0 Å². The zero-order chi connectivity index (χ0) is 12.6. The first-order valence-corrected chi connectivity index (χ1v) is 6.54. The lowest BCUT2D eigenvalue weighted by molar-refractivity contribution is -0.130. The van der Waals surface area contributed by atoms with Crippen molar-refractivity contribution in [2.45, 2.75) is 26.0 Å². The molecule has 90 valence electrons. The van der Waals surface area contributed by atoms with Crippen molar-refractivity contribution in [1.82, 2.24) is 0 Å². The van der Waals surface area contributed by atoms with Crippen LogP contribution in [0, 0.1) is 5.41 Å². The molecule has 2 nitrogen and oxygen atoms in total. The van der Waals surface area contributed by atoms with Crippen LogP contribution in [-0.2, 0) is 4.79 Å². The van der Waals surface area contributed by atoms with E-state index in [9.17, 15) is 9.90 Å². The fraction of sp³-hybridized carbons (Fsp3) is 0.357. The maximum Gasteiger partial charge on any atom is 0.336 e. The van der Waals surface area contributed by atoms with E-state index in [1.807, 2.05) is 24.3 Å². The van der Waals surface area contributed by atoms with Gasteiger partial charge in [-0.05, 0) is 21.9 Å². The van der Waals surface area contributed by atoms with E-state index in [0.29, 0.717) is 10.8 Å². The second-order valence-corrected chi connectivity index (χ2v) is 6.29. The first-order valence-electron chi connectivity index (χ1n) is 5.59. The van der Waals surface area contributed by atoms with E-state index < -0.39 is 5.97 Å². The fourth-order valence-corrected chi connectivity index (χ4v) is 3.34. The molecule has 2 rings (SSSR count). The summed E-state index contributed by atoms with van der Waals surface area (Å²) in [6, 6.07) is 7.80. The number of carbonyl (C=O) groups is 1. The minimum Gasteiger partial charge on any atom is -0.478 e. The summed E-state index contributed by atoms with van der Waals surface area (Å²) in [5, 5.41) is 11.3. The zero-order valence-electron chi connectivity index (χ0n) is 10.2. The van der Waals surface area contributed by atoms with Gasteiger partial charge in [0.2, 0.25) is 0 Å². The van der Waals surface area contributed by atoms with Crippen molar-refractivity contribution in [3.8, 4) is 0 Å². The Kier molecular flexibility index (Phi) is 3.04. The van der Waals surface area contributed by atoms with Crippen LogP contribution in [-0.4, -0.2) is 11.1 Å². The average Bonchev–Trinajstić information content (AvgIpc) is 2.26. The molecule has 0 spiro atoms. The molecule has 3 heteroatoms. The number of rotatable bonds is 1.